The predicted octanol–water partition coefficient (Wildman–Crippen LogP) is 9.12. The molecule has 2 heteroatoms. The number of hydrogen-bond donors (Lipinski definition) is 0. The Kier molecular flexibility index (Phi) is 9.99. The first-order valence-corrected chi connectivity index (χ1v) is 11.8. The van der Waals surface area contributed by atoms with E-state index in [1.54, 1.807) is 0 Å². The summed E-state index contributed by atoms with van der Waals surface area (Å²) in [5.74, 6) is 0. The fourth-order valence-corrected chi connectivity index (χ4v) is 4.37. The highest BCUT2D eigenvalue weighted by Crippen LogP contribution is 2.33. The molecule has 0 amide bonds. The second kappa shape index (κ2) is 12.0. The monoisotopic (exact) mass is 478 g/mol. The van der Waals surface area contributed by atoms with Crippen LogP contribution in [0.2, 0.25) is 0 Å². The van der Waals surface area contributed by atoms with Crippen molar-refractivity contribution in [1.82, 2.24) is 0 Å². The number of rotatable bonds is 11. The molecule has 0 aliphatic carbocycles. The minimum atomic E-state index is 1.17. The van der Waals surface area contributed by atoms with Crippen LogP contribution >= 0.6 is 31.9 Å². The standard InChI is InChI=1S/C24H32Br2/c1-3-5-7-9-11-19-17-21(25)13-15-23(19)24-16-14-22(26)18-20(24)12-10-8-6-4-2/h13-18H,3-12H2,1-2H3. The normalized spacial score (nSPS) is 11.1. The van der Waals surface area contributed by atoms with E-state index in [9.17, 15) is 0 Å². The van der Waals surface area contributed by atoms with Crippen molar-refractivity contribution in [3.8, 4) is 11.1 Å². The molecule has 0 aliphatic rings. The smallest absolute Gasteiger partial charge is 0.0178 e. The average molecular weight is 480 g/mol. The molecule has 0 nitrogen and oxygen atoms in total. The van der Waals surface area contributed by atoms with Gasteiger partial charge in [0.25, 0.3) is 0 Å². The largest absolute Gasteiger partial charge is 0.0654 e. The summed E-state index contributed by atoms with van der Waals surface area (Å²) in [5.41, 5.74) is 5.80. The van der Waals surface area contributed by atoms with Crippen molar-refractivity contribution < 1.29 is 0 Å². The molecule has 0 unspecified atom stereocenters. The quantitative estimate of drug-likeness (QED) is 0.282. The Morgan fingerprint density at radius 1 is 0.577 bits per heavy atom. The lowest BCUT2D eigenvalue weighted by molar-refractivity contribution is 0.665. The van der Waals surface area contributed by atoms with Gasteiger partial charge in [-0.3, -0.25) is 0 Å². The van der Waals surface area contributed by atoms with Crippen LogP contribution in [-0.2, 0) is 12.8 Å². The Morgan fingerprint density at radius 2 is 1.00 bits per heavy atom. The van der Waals surface area contributed by atoms with E-state index in [0.717, 1.165) is 0 Å². The van der Waals surface area contributed by atoms with E-state index in [0.29, 0.717) is 0 Å². The third-order valence-corrected chi connectivity index (χ3v) is 6.01. The number of unbranched alkanes of at least 4 members (excludes halogenated alkanes) is 6. The third-order valence-electron chi connectivity index (χ3n) is 5.02. The van der Waals surface area contributed by atoms with Crippen molar-refractivity contribution >= 4 is 31.9 Å². The van der Waals surface area contributed by atoms with Gasteiger partial charge in [0.1, 0.15) is 0 Å². The van der Waals surface area contributed by atoms with Crippen molar-refractivity contribution in [2.45, 2.75) is 78.1 Å². The zero-order valence-corrected chi connectivity index (χ0v) is 19.5. The molecule has 2 aromatic carbocycles. The summed E-state index contributed by atoms with van der Waals surface area (Å²) in [7, 11) is 0. The number of halogens is 2. The molecular formula is C24H32Br2. The Bertz CT molecular complexity index is 616. The molecule has 0 spiro atoms. The summed E-state index contributed by atoms with van der Waals surface area (Å²) in [5, 5.41) is 0. The van der Waals surface area contributed by atoms with Crippen molar-refractivity contribution in [3.63, 3.8) is 0 Å². The van der Waals surface area contributed by atoms with Crippen LogP contribution in [0.3, 0.4) is 0 Å². The van der Waals surface area contributed by atoms with E-state index >= 15 is 0 Å². The van der Waals surface area contributed by atoms with Crippen molar-refractivity contribution in [2.24, 2.45) is 0 Å². The van der Waals surface area contributed by atoms with Crippen LogP contribution < -0.4 is 0 Å². The van der Waals surface area contributed by atoms with Crippen LogP contribution in [0.4, 0.5) is 0 Å². The first kappa shape index (κ1) is 21.7. The van der Waals surface area contributed by atoms with Crippen LogP contribution in [0, 0.1) is 0 Å². The Balaban J connectivity index is 2.25. The highest BCUT2D eigenvalue weighted by Gasteiger charge is 2.11. The number of benzene rings is 2. The number of aryl methyl sites for hydroxylation is 2. The highest BCUT2D eigenvalue weighted by molar-refractivity contribution is 9.10. The summed E-state index contributed by atoms with van der Waals surface area (Å²) in [6, 6.07) is 13.6. The molecule has 0 radical (unpaired) electrons. The molecule has 2 rings (SSSR count). The average Bonchev–Trinajstić information content (AvgIpc) is 2.63. The molecule has 0 atom stereocenters. The minimum absolute atomic E-state index is 1.17. The first-order valence-electron chi connectivity index (χ1n) is 10.2. The van der Waals surface area contributed by atoms with E-state index in [1.165, 1.54) is 95.4 Å². The second-order valence-corrected chi connectivity index (χ2v) is 9.06. The maximum Gasteiger partial charge on any atom is 0.0178 e. The van der Waals surface area contributed by atoms with Gasteiger partial charge in [0, 0.05) is 8.95 Å². The van der Waals surface area contributed by atoms with Crippen molar-refractivity contribution in [3.05, 3.63) is 56.5 Å². The van der Waals surface area contributed by atoms with E-state index in [-0.39, 0.29) is 0 Å². The molecule has 0 heterocycles. The van der Waals surface area contributed by atoms with Gasteiger partial charge < -0.3 is 0 Å². The van der Waals surface area contributed by atoms with Crippen LogP contribution in [-0.4, -0.2) is 0 Å². The summed E-state index contributed by atoms with van der Waals surface area (Å²) >= 11 is 7.35. The maximum absolute atomic E-state index is 3.67. The molecule has 0 bridgehead atoms. The first-order chi connectivity index (χ1) is 12.7. The van der Waals surface area contributed by atoms with Crippen molar-refractivity contribution in [2.75, 3.05) is 0 Å². The molecule has 0 fully saturated rings. The summed E-state index contributed by atoms with van der Waals surface area (Å²) in [6.07, 6.45) is 12.8. The zero-order chi connectivity index (χ0) is 18.8. The van der Waals surface area contributed by atoms with Crippen LogP contribution in [0.5, 0.6) is 0 Å². The fourth-order valence-electron chi connectivity index (χ4n) is 3.55. The zero-order valence-electron chi connectivity index (χ0n) is 16.3. The second-order valence-electron chi connectivity index (χ2n) is 7.22. The minimum Gasteiger partial charge on any atom is -0.0654 e. The molecule has 0 N–H and O–H groups in total. The molecule has 0 aromatic heterocycles. The van der Waals surface area contributed by atoms with Gasteiger partial charge in [-0.15, -0.1) is 0 Å². The number of hydrogen-bond acceptors (Lipinski definition) is 0. The van der Waals surface area contributed by atoms with Gasteiger partial charge in [-0.25, -0.2) is 0 Å². The molecule has 0 saturated heterocycles. The molecule has 142 valence electrons. The van der Waals surface area contributed by atoms with Gasteiger partial charge in [0.2, 0.25) is 0 Å². The molecule has 26 heavy (non-hydrogen) atoms. The van der Waals surface area contributed by atoms with E-state index in [1.807, 2.05) is 0 Å². The topological polar surface area (TPSA) is 0 Å². The van der Waals surface area contributed by atoms with Crippen LogP contribution in [0.25, 0.3) is 11.1 Å². The van der Waals surface area contributed by atoms with Gasteiger partial charge in [-0.05, 0) is 72.2 Å². The van der Waals surface area contributed by atoms with Gasteiger partial charge in [-0.2, -0.15) is 0 Å². The van der Waals surface area contributed by atoms with Gasteiger partial charge in [0.15, 0.2) is 0 Å². The summed E-state index contributed by atoms with van der Waals surface area (Å²) in [6.45, 7) is 4.55. The summed E-state index contributed by atoms with van der Waals surface area (Å²) in [4.78, 5) is 0. The molecule has 2 aromatic rings. The predicted molar refractivity (Wildman–Crippen MR) is 123 cm³/mol. The third kappa shape index (κ3) is 6.85. The van der Waals surface area contributed by atoms with Crippen LogP contribution in [0.1, 0.15) is 76.3 Å². The lowest BCUT2D eigenvalue weighted by atomic mass is 9.91. The maximum atomic E-state index is 3.67. The Hall–Kier alpha value is -0.600. The van der Waals surface area contributed by atoms with Crippen molar-refractivity contribution in [1.29, 1.82) is 0 Å². The summed E-state index contributed by atoms with van der Waals surface area (Å²) < 4.78 is 2.38. The fraction of sp³-hybridized carbons (Fsp3) is 0.500. The SMILES string of the molecule is CCCCCCc1cc(Br)ccc1-c1ccc(Br)cc1CCCCCC. The molecule has 0 saturated carbocycles. The lowest BCUT2D eigenvalue weighted by Gasteiger charge is -2.15. The van der Waals surface area contributed by atoms with E-state index in [4.69, 9.17) is 0 Å². The molecule has 0 aliphatic heterocycles. The van der Waals surface area contributed by atoms with Gasteiger partial charge in [-0.1, -0.05) is 96.4 Å². The Morgan fingerprint density at radius 3 is 1.38 bits per heavy atom. The van der Waals surface area contributed by atoms with Crippen LogP contribution in [0.15, 0.2) is 45.3 Å². The molecular weight excluding hydrogens is 448 g/mol. The highest BCUT2D eigenvalue weighted by atomic mass is 79.9. The Labute approximate surface area is 177 Å². The lowest BCUT2D eigenvalue weighted by Crippen LogP contribution is -1.96. The van der Waals surface area contributed by atoms with Gasteiger partial charge >= 0.3 is 0 Å². The van der Waals surface area contributed by atoms with Gasteiger partial charge in [0.05, 0.1) is 0 Å². The van der Waals surface area contributed by atoms with E-state index < -0.39 is 0 Å². The van der Waals surface area contributed by atoms with E-state index in [2.05, 4.69) is 82.1 Å².